The summed E-state index contributed by atoms with van der Waals surface area (Å²) in [6.45, 7) is 10.3. The third kappa shape index (κ3) is 18.4. The molecule has 11 heteroatoms. The SMILES string of the molecule is CC(C)(C)[O-].CC1(CO)CC1.CC1(COc2cc(N)ncn2)CC1.Nc1cc(Cl)ncn1.[K+]. The van der Waals surface area contributed by atoms with E-state index >= 15 is 0 Å². The number of anilines is 2. The number of ether oxygens (including phenoxy) is 1. The summed E-state index contributed by atoms with van der Waals surface area (Å²) in [5.74, 6) is 1.41. The van der Waals surface area contributed by atoms with Crippen LogP contribution in [0.25, 0.3) is 0 Å². The van der Waals surface area contributed by atoms with Crippen molar-refractivity contribution in [3.8, 4) is 5.88 Å². The van der Waals surface area contributed by atoms with Crippen LogP contribution in [0, 0.1) is 10.8 Å². The zero-order valence-electron chi connectivity index (χ0n) is 20.6. The summed E-state index contributed by atoms with van der Waals surface area (Å²) in [6, 6.07) is 3.13. The van der Waals surface area contributed by atoms with Gasteiger partial charge in [-0.15, -0.1) is 5.60 Å². The molecule has 2 fully saturated rings. The normalized spacial score (nSPS) is 16.1. The summed E-state index contributed by atoms with van der Waals surface area (Å²) in [5, 5.41) is 18.9. The van der Waals surface area contributed by atoms with Crippen LogP contribution in [0.5, 0.6) is 5.88 Å². The Kier molecular flexibility index (Phi) is 14.5. The smallest absolute Gasteiger partial charge is 0.850 e. The fraction of sp³-hybridized carbons (Fsp3) is 0.636. The maximum absolute atomic E-state index is 10.1. The van der Waals surface area contributed by atoms with Gasteiger partial charge in [0.25, 0.3) is 0 Å². The molecule has 2 aliphatic rings. The van der Waals surface area contributed by atoms with E-state index in [0.717, 1.165) is 6.61 Å². The van der Waals surface area contributed by atoms with Gasteiger partial charge in [0.15, 0.2) is 0 Å². The molecule has 5 N–H and O–H groups in total. The Hall–Kier alpha value is -0.594. The number of hydrogen-bond donors (Lipinski definition) is 3. The van der Waals surface area contributed by atoms with Crippen molar-refractivity contribution < 1.29 is 66.3 Å². The van der Waals surface area contributed by atoms with E-state index in [-0.39, 0.29) is 51.4 Å². The van der Waals surface area contributed by atoms with E-state index in [9.17, 15) is 5.11 Å². The topological polar surface area (TPSA) is 156 Å². The van der Waals surface area contributed by atoms with Gasteiger partial charge in [0.2, 0.25) is 5.88 Å². The van der Waals surface area contributed by atoms with E-state index in [1.54, 1.807) is 26.8 Å². The molecule has 0 spiro atoms. The van der Waals surface area contributed by atoms with Crippen molar-refractivity contribution >= 4 is 23.2 Å². The number of rotatable bonds is 4. The summed E-state index contributed by atoms with van der Waals surface area (Å²) in [7, 11) is 0. The predicted octanol–water partition coefficient (Wildman–Crippen LogP) is -0.122. The first-order valence-electron chi connectivity index (χ1n) is 10.5. The fourth-order valence-corrected chi connectivity index (χ4v) is 1.91. The minimum absolute atomic E-state index is 0. The molecule has 2 saturated carbocycles. The molecule has 0 amide bonds. The standard InChI is InChI=1S/C9H13N3O.C5H10O.C4H4ClN3.C4H9O.K/c1-9(2-3-9)5-13-8-4-7(10)11-6-12-8;1-5(4-6)2-3-5;5-3-1-4(6)8-2-7-3;1-4(2,3)5;/h4,6H,2-3,5H2,1H3,(H2,10,11,12);6H,2-4H2,1H3;1-2H,(H2,6,7,8);1-3H3;/q;;;-1;+1. The Morgan fingerprint density at radius 3 is 1.73 bits per heavy atom. The molecule has 0 atom stereocenters. The van der Waals surface area contributed by atoms with Gasteiger partial charge in [0.1, 0.15) is 29.4 Å². The maximum Gasteiger partial charge on any atom is 1.00 e. The molecule has 0 unspecified atom stereocenters. The monoisotopic (exact) mass is 506 g/mol. The van der Waals surface area contributed by atoms with Crippen molar-refractivity contribution in [1.82, 2.24) is 19.9 Å². The molecule has 4 rings (SSSR count). The van der Waals surface area contributed by atoms with Crippen LogP contribution in [0.1, 0.15) is 60.3 Å². The molecule has 0 aliphatic heterocycles. The van der Waals surface area contributed by atoms with Gasteiger partial charge in [-0.3, -0.25) is 0 Å². The van der Waals surface area contributed by atoms with Crippen molar-refractivity contribution in [2.24, 2.45) is 10.8 Å². The van der Waals surface area contributed by atoms with Gasteiger partial charge in [-0.1, -0.05) is 46.2 Å². The molecule has 2 aliphatic carbocycles. The van der Waals surface area contributed by atoms with Gasteiger partial charge in [0.05, 0.1) is 6.61 Å². The summed E-state index contributed by atoms with van der Waals surface area (Å²) >= 11 is 5.41. The number of aromatic nitrogens is 4. The van der Waals surface area contributed by atoms with Gasteiger partial charge in [-0.2, -0.15) is 0 Å². The maximum atomic E-state index is 10.1. The molecule has 2 aromatic rings. The van der Waals surface area contributed by atoms with Crippen molar-refractivity contribution in [2.75, 3.05) is 24.7 Å². The molecule has 33 heavy (non-hydrogen) atoms. The molecule has 2 heterocycles. The number of halogens is 1. The van der Waals surface area contributed by atoms with E-state index in [1.165, 1.54) is 44.4 Å². The number of nitrogens with two attached hydrogens (primary N) is 2. The van der Waals surface area contributed by atoms with Crippen molar-refractivity contribution in [1.29, 1.82) is 0 Å². The van der Waals surface area contributed by atoms with Crippen LogP contribution in [0.15, 0.2) is 24.8 Å². The Labute approximate surface area is 244 Å². The predicted molar refractivity (Wildman–Crippen MR) is 125 cm³/mol. The van der Waals surface area contributed by atoms with Crippen LogP contribution in [0.3, 0.4) is 0 Å². The summed E-state index contributed by atoms with van der Waals surface area (Å²) in [6.07, 6.45) is 7.67. The largest absolute Gasteiger partial charge is 1.00 e. The minimum Gasteiger partial charge on any atom is -0.850 e. The average molecular weight is 507 g/mol. The molecule has 0 aromatic carbocycles. The first-order valence-corrected chi connectivity index (χ1v) is 10.9. The Bertz CT molecular complexity index is 807. The van der Waals surface area contributed by atoms with E-state index in [1.807, 2.05) is 0 Å². The zero-order chi connectivity index (χ0) is 24.4. The van der Waals surface area contributed by atoms with E-state index < -0.39 is 5.60 Å². The molecule has 0 bridgehead atoms. The molecule has 2 aromatic heterocycles. The molecular formula is C22H36ClKN6O3. The van der Waals surface area contributed by atoms with Gasteiger partial charge in [-0.25, -0.2) is 19.9 Å². The molecule has 0 saturated heterocycles. The quantitative estimate of drug-likeness (QED) is 0.379. The Morgan fingerprint density at radius 1 is 0.970 bits per heavy atom. The first kappa shape index (κ1) is 32.4. The number of aliphatic hydroxyl groups is 1. The van der Waals surface area contributed by atoms with Crippen LogP contribution in [0.4, 0.5) is 11.6 Å². The van der Waals surface area contributed by atoms with Crippen LogP contribution < -0.4 is 72.7 Å². The second-order valence-corrected chi connectivity index (χ2v) is 10.1. The van der Waals surface area contributed by atoms with Crippen LogP contribution in [-0.2, 0) is 0 Å². The zero-order valence-corrected chi connectivity index (χ0v) is 24.5. The number of nitrogens with zero attached hydrogens (tertiary/aromatic N) is 4. The summed E-state index contributed by atoms with van der Waals surface area (Å²) in [5.41, 5.74) is 10.7. The number of hydrogen-bond acceptors (Lipinski definition) is 9. The van der Waals surface area contributed by atoms with Crippen LogP contribution >= 0.6 is 11.6 Å². The second-order valence-electron chi connectivity index (χ2n) is 9.73. The Balaban J connectivity index is 0.000000443. The van der Waals surface area contributed by atoms with E-state index in [0.29, 0.717) is 40.1 Å². The number of aliphatic hydroxyl groups excluding tert-OH is 1. The van der Waals surface area contributed by atoms with Gasteiger partial charge in [0, 0.05) is 24.2 Å². The second kappa shape index (κ2) is 14.7. The van der Waals surface area contributed by atoms with Crippen LogP contribution in [0.2, 0.25) is 5.15 Å². The average Bonchev–Trinajstić information content (AvgIpc) is 3.59. The summed E-state index contributed by atoms with van der Waals surface area (Å²) in [4.78, 5) is 15.0. The molecule has 0 radical (unpaired) electrons. The van der Waals surface area contributed by atoms with Crippen LogP contribution in [-0.4, -0.2) is 43.9 Å². The number of nitrogen functional groups attached to an aromatic ring is 2. The van der Waals surface area contributed by atoms with Crippen molar-refractivity contribution in [3.63, 3.8) is 0 Å². The van der Waals surface area contributed by atoms with Gasteiger partial charge < -0.3 is 26.4 Å². The van der Waals surface area contributed by atoms with Gasteiger partial charge in [-0.05, 0) is 31.1 Å². The molecule has 180 valence electrons. The van der Waals surface area contributed by atoms with Crippen molar-refractivity contribution in [2.45, 2.75) is 65.9 Å². The van der Waals surface area contributed by atoms with E-state index in [2.05, 4.69) is 33.8 Å². The minimum atomic E-state index is -0.750. The van der Waals surface area contributed by atoms with Gasteiger partial charge >= 0.3 is 51.4 Å². The molecule has 9 nitrogen and oxygen atoms in total. The summed E-state index contributed by atoms with van der Waals surface area (Å²) < 4.78 is 5.48. The molecular weight excluding hydrogens is 471 g/mol. The fourth-order valence-electron chi connectivity index (χ4n) is 1.76. The van der Waals surface area contributed by atoms with Crippen molar-refractivity contribution in [3.05, 3.63) is 29.9 Å². The Morgan fingerprint density at radius 2 is 1.42 bits per heavy atom. The van der Waals surface area contributed by atoms with E-state index in [4.69, 9.17) is 32.9 Å². The first-order chi connectivity index (χ1) is 14.7. The third-order valence-electron chi connectivity index (χ3n) is 4.48. The third-order valence-corrected chi connectivity index (χ3v) is 4.68.